The first-order valence-corrected chi connectivity index (χ1v) is 10.6. The zero-order valence-corrected chi connectivity index (χ0v) is 19.6. The molecule has 174 valence electrons. The number of carbonyl (C=O) groups excluding carboxylic acids is 2. The number of rotatable bonds is 8. The summed E-state index contributed by atoms with van der Waals surface area (Å²) in [6.07, 6.45) is 2.99. The Kier molecular flexibility index (Phi) is 8.31. The molecule has 1 aromatic heterocycles. The molecule has 0 atom stereocenters. The topological polar surface area (TPSA) is 117 Å². The lowest BCUT2D eigenvalue weighted by Gasteiger charge is -2.12. The Morgan fingerprint density at radius 1 is 1.00 bits per heavy atom. The summed E-state index contributed by atoms with van der Waals surface area (Å²) in [5, 5.41) is 11.7. The molecule has 3 aromatic rings. The number of benzene rings is 2. The fourth-order valence-corrected chi connectivity index (χ4v) is 3.08. The highest BCUT2D eigenvalue weighted by Crippen LogP contribution is 2.23. The molecule has 0 spiro atoms. The maximum atomic E-state index is 13.1. The molecule has 3 N–H and O–H groups in total. The van der Waals surface area contributed by atoms with Crippen LogP contribution >= 0.6 is 11.6 Å². The molecule has 0 aliphatic rings. The van der Waals surface area contributed by atoms with Crippen LogP contribution in [0.4, 0.5) is 11.4 Å². The molecule has 10 heteroatoms. The van der Waals surface area contributed by atoms with Crippen LogP contribution < -0.4 is 20.9 Å². The van der Waals surface area contributed by atoms with Crippen LogP contribution in [0.25, 0.3) is 0 Å². The standard InChI is InChI=1S/C24H23ClN6O3/c1-15-14-18(25)8-9-19(15)29-30-22(24(33)27-20-6-4-5-7-21(20)34-3)16(2)28-31-23(32)17-10-12-26-13-11-17/h4-14,29H,1-3H3,(H,27,33)(H,31,32)/b28-16-,30-22+. The van der Waals surface area contributed by atoms with Crippen LogP contribution in [-0.2, 0) is 4.79 Å². The minimum absolute atomic E-state index is 0.0460. The minimum atomic E-state index is -0.553. The highest BCUT2D eigenvalue weighted by molar-refractivity contribution is 6.68. The van der Waals surface area contributed by atoms with Crippen LogP contribution in [0.3, 0.4) is 0 Å². The lowest BCUT2D eigenvalue weighted by Crippen LogP contribution is -2.32. The highest BCUT2D eigenvalue weighted by Gasteiger charge is 2.18. The van der Waals surface area contributed by atoms with Crippen molar-refractivity contribution in [2.24, 2.45) is 10.2 Å². The number of nitrogens with zero attached hydrogens (tertiary/aromatic N) is 3. The van der Waals surface area contributed by atoms with Crippen molar-refractivity contribution < 1.29 is 14.3 Å². The molecular formula is C24H23ClN6O3. The van der Waals surface area contributed by atoms with Gasteiger partial charge in [-0.2, -0.15) is 10.2 Å². The minimum Gasteiger partial charge on any atom is -0.495 e. The molecule has 34 heavy (non-hydrogen) atoms. The van der Waals surface area contributed by atoms with E-state index >= 15 is 0 Å². The van der Waals surface area contributed by atoms with Crippen molar-refractivity contribution in [1.29, 1.82) is 0 Å². The number of ether oxygens (including phenoxy) is 1. The number of aromatic nitrogens is 1. The molecule has 2 amide bonds. The number of hydrogen-bond donors (Lipinski definition) is 3. The molecule has 1 heterocycles. The Balaban J connectivity index is 1.88. The number of anilines is 2. The predicted octanol–water partition coefficient (Wildman–Crippen LogP) is 4.26. The number of aryl methyl sites for hydroxylation is 1. The number of amides is 2. The third-order valence-electron chi connectivity index (χ3n) is 4.66. The van der Waals surface area contributed by atoms with Gasteiger partial charge in [0.25, 0.3) is 11.8 Å². The van der Waals surface area contributed by atoms with Crippen LogP contribution in [0.2, 0.25) is 5.02 Å². The molecule has 0 aliphatic heterocycles. The molecule has 0 saturated heterocycles. The van der Waals surface area contributed by atoms with E-state index in [1.165, 1.54) is 19.5 Å². The van der Waals surface area contributed by atoms with Gasteiger partial charge in [-0.05, 0) is 61.9 Å². The number of hydrazone groups is 2. The molecule has 2 aromatic carbocycles. The van der Waals surface area contributed by atoms with Crippen molar-refractivity contribution >= 4 is 46.2 Å². The lowest BCUT2D eigenvalue weighted by molar-refractivity contribution is -0.110. The molecule has 0 fully saturated rings. The molecule has 3 rings (SSSR count). The molecule has 0 radical (unpaired) electrons. The Morgan fingerprint density at radius 3 is 2.44 bits per heavy atom. The monoisotopic (exact) mass is 478 g/mol. The second-order valence-corrected chi connectivity index (χ2v) is 7.50. The van der Waals surface area contributed by atoms with E-state index in [2.05, 4.69) is 31.4 Å². The van der Waals surface area contributed by atoms with Gasteiger partial charge in [0, 0.05) is 23.0 Å². The summed E-state index contributed by atoms with van der Waals surface area (Å²) >= 11 is 6.02. The molecule has 0 aliphatic carbocycles. The van der Waals surface area contributed by atoms with Crippen molar-refractivity contribution in [2.75, 3.05) is 17.9 Å². The maximum Gasteiger partial charge on any atom is 0.278 e. The summed E-state index contributed by atoms with van der Waals surface area (Å²) < 4.78 is 5.30. The van der Waals surface area contributed by atoms with Gasteiger partial charge < -0.3 is 10.1 Å². The lowest BCUT2D eigenvalue weighted by atomic mass is 10.2. The highest BCUT2D eigenvalue weighted by atomic mass is 35.5. The normalized spacial score (nSPS) is 11.5. The van der Waals surface area contributed by atoms with Crippen molar-refractivity contribution in [2.45, 2.75) is 13.8 Å². The van der Waals surface area contributed by atoms with Crippen LogP contribution in [0, 0.1) is 6.92 Å². The zero-order valence-electron chi connectivity index (χ0n) is 18.8. The second-order valence-electron chi connectivity index (χ2n) is 7.06. The van der Waals surface area contributed by atoms with E-state index in [1.54, 1.807) is 61.5 Å². The number of pyridine rings is 1. The Morgan fingerprint density at radius 2 is 1.74 bits per heavy atom. The summed E-state index contributed by atoms with van der Waals surface area (Å²) in [6.45, 7) is 3.41. The Hall–Kier alpha value is -4.24. The van der Waals surface area contributed by atoms with Crippen LogP contribution in [0.15, 0.2) is 77.2 Å². The van der Waals surface area contributed by atoms with Gasteiger partial charge in [0.2, 0.25) is 0 Å². The van der Waals surface area contributed by atoms with E-state index in [0.717, 1.165) is 5.56 Å². The van der Waals surface area contributed by atoms with Crippen molar-refractivity contribution in [1.82, 2.24) is 10.4 Å². The van der Waals surface area contributed by atoms with Gasteiger partial charge >= 0.3 is 0 Å². The van der Waals surface area contributed by atoms with Gasteiger partial charge in [0.15, 0.2) is 5.71 Å². The molecule has 0 unspecified atom stereocenters. The summed E-state index contributed by atoms with van der Waals surface area (Å²) in [4.78, 5) is 29.4. The second kappa shape index (κ2) is 11.6. The molecule has 9 nitrogen and oxygen atoms in total. The van der Waals surface area contributed by atoms with Gasteiger partial charge in [-0.25, -0.2) is 5.43 Å². The zero-order chi connectivity index (χ0) is 24.5. The Bertz CT molecular complexity index is 1240. The average molecular weight is 479 g/mol. The smallest absolute Gasteiger partial charge is 0.278 e. The fourth-order valence-electron chi connectivity index (χ4n) is 2.85. The first-order chi connectivity index (χ1) is 16.4. The summed E-state index contributed by atoms with van der Waals surface area (Å²) in [5.41, 5.74) is 7.75. The summed E-state index contributed by atoms with van der Waals surface area (Å²) in [6, 6.07) is 15.3. The van der Waals surface area contributed by atoms with E-state index in [0.29, 0.717) is 27.7 Å². The van der Waals surface area contributed by atoms with Crippen molar-refractivity contribution in [3.63, 3.8) is 0 Å². The van der Waals surface area contributed by atoms with Crippen molar-refractivity contribution in [3.8, 4) is 5.75 Å². The number of hydrogen-bond acceptors (Lipinski definition) is 7. The molecule has 0 bridgehead atoms. The number of para-hydroxylation sites is 2. The van der Waals surface area contributed by atoms with E-state index in [-0.39, 0.29) is 11.4 Å². The third kappa shape index (κ3) is 6.39. The van der Waals surface area contributed by atoms with Gasteiger partial charge in [-0.15, -0.1) is 0 Å². The number of carbonyl (C=O) groups is 2. The van der Waals surface area contributed by atoms with Crippen LogP contribution in [-0.4, -0.2) is 35.3 Å². The quantitative estimate of drug-likeness (QED) is 0.330. The summed E-state index contributed by atoms with van der Waals surface area (Å²) in [5.74, 6) is -0.520. The van der Waals surface area contributed by atoms with Crippen molar-refractivity contribution in [3.05, 3.63) is 83.1 Å². The van der Waals surface area contributed by atoms with Crippen LogP contribution in [0.1, 0.15) is 22.8 Å². The largest absolute Gasteiger partial charge is 0.495 e. The molecular weight excluding hydrogens is 456 g/mol. The average Bonchev–Trinajstić information content (AvgIpc) is 2.84. The maximum absolute atomic E-state index is 13.1. The first-order valence-electron chi connectivity index (χ1n) is 10.2. The third-order valence-corrected chi connectivity index (χ3v) is 4.89. The van der Waals surface area contributed by atoms with Gasteiger partial charge in [0.05, 0.1) is 24.2 Å². The number of halogens is 1. The number of methoxy groups -OCH3 is 1. The Labute approximate surface area is 201 Å². The fraction of sp³-hybridized carbons (Fsp3) is 0.125. The van der Waals surface area contributed by atoms with E-state index in [1.807, 2.05) is 6.92 Å². The SMILES string of the molecule is COc1ccccc1NC(=O)C(=N/Nc1ccc(Cl)cc1C)/C(C)=N\NC(=O)c1ccncc1. The van der Waals surface area contributed by atoms with E-state index in [9.17, 15) is 9.59 Å². The van der Waals surface area contributed by atoms with Gasteiger partial charge in [-0.3, -0.25) is 20.0 Å². The van der Waals surface area contributed by atoms with Gasteiger partial charge in [0.1, 0.15) is 5.75 Å². The van der Waals surface area contributed by atoms with Crippen LogP contribution in [0.5, 0.6) is 5.75 Å². The summed E-state index contributed by atoms with van der Waals surface area (Å²) in [7, 11) is 1.51. The van der Waals surface area contributed by atoms with Gasteiger partial charge in [-0.1, -0.05) is 23.7 Å². The molecule has 0 saturated carbocycles. The van der Waals surface area contributed by atoms with E-state index in [4.69, 9.17) is 16.3 Å². The number of nitrogens with one attached hydrogen (secondary N) is 3. The van der Waals surface area contributed by atoms with E-state index < -0.39 is 11.8 Å². The first kappa shape index (κ1) is 24.4. The predicted molar refractivity (Wildman–Crippen MR) is 134 cm³/mol.